The molecule has 35 heavy (non-hydrogen) atoms. The maximum Gasteiger partial charge on any atom is 0.416 e. The monoisotopic (exact) mass is 485 g/mol. The molecule has 0 spiro atoms. The first-order valence-corrected chi connectivity index (χ1v) is 10.3. The number of aliphatic imine (C=N–C) groups is 1. The second-order valence-corrected chi connectivity index (χ2v) is 7.68. The van der Waals surface area contributed by atoms with Crippen LogP contribution in [0.15, 0.2) is 96.0 Å². The van der Waals surface area contributed by atoms with Gasteiger partial charge in [0.15, 0.2) is 0 Å². The van der Waals surface area contributed by atoms with E-state index >= 15 is 0 Å². The summed E-state index contributed by atoms with van der Waals surface area (Å²) in [6.45, 7) is 0. The summed E-state index contributed by atoms with van der Waals surface area (Å²) in [6.07, 6.45) is -8.90. The first-order chi connectivity index (χ1) is 16.5. The zero-order valence-electron chi connectivity index (χ0n) is 17.9. The predicted octanol–water partition coefficient (Wildman–Crippen LogP) is 8.51. The van der Waals surface area contributed by atoms with Crippen molar-refractivity contribution in [3.63, 3.8) is 0 Å². The quantitative estimate of drug-likeness (QED) is 0.228. The van der Waals surface area contributed by atoms with Crippen LogP contribution in [-0.4, -0.2) is 11.3 Å². The van der Waals surface area contributed by atoms with Crippen LogP contribution in [-0.2, 0) is 12.4 Å². The molecule has 8 heteroatoms. The minimum absolute atomic E-state index is 0.0436. The van der Waals surface area contributed by atoms with Gasteiger partial charge in [0.2, 0.25) is 0 Å². The lowest BCUT2D eigenvalue weighted by Gasteiger charge is -2.14. The van der Waals surface area contributed by atoms with Crippen LogP contribution in [0.1, 0.15) is 16.7 Å². The predicted molar refractivity (Wildman–Crippen MR) is 123 cm³/mol. The molecule has 4 rings (SSSR count). The van der Waals surface area contributed by atoms with Crippen molar-refractivity contribution in [3.05, 3.63) is 108 Å². The number of phenolic OH excluding ortho intramolecular Hbond substituents is 1. The van der Waals surface area contributed by atoms with E-state index < -0.39 is 29.2 Å². The molecule has 0 unspecified atom stereocenters. The lowest BCUT2D eigenvalue weighted by molar-refractivity contribution is -0.143. The number of phenols is 1. The highest BCUT2D eigenvalue weighted by atomic mass is 19.4. The maximum atomic E-state index is 13.2. The number of hydrogen-bond donors (Lipinski definition) is 1. The van der Waals surface area contributed by atoms with Gasteiger partial charge in [0.1, 0.15) is 5.75 Å². The number of rotatable bonds is 4. The van der Waals surface area contributed by atoms with Gasteiger partial charge >= 0.3 is 12.4 Å². The van der Waals surface area contributed by atoms with Crippen LogP contribution in [0.2, 0.25) is 0 Å². The smallest absolute Gasteiger partial charge is 0.416 e. The van der Waals surface area contributed by atoms with E-state index in [9.17, 15) is 31.4 Å². The van der Waals surface area contributed by atoms with E-state index in [-0.39, 0.29) is 17.4 Å². The van der Waals surface area contributed by atoms with E-state index in [0.29, 0.717) is 34.4 Å². The van der Waals surface area contributed by atoms with E-state index in [1.165, 1.54) is 0 Å². The Morgan fingerprint density at radius 1 is 0.600 bits per heavy atom. The summed E-state index contributed by atoms with van der Waals surface area (Å²) in [4.78, 5) is 3.92. The SMILES string of the molecule is Oc1c(-c2ccccc2)ccc(-c2ccccc2)c1C=Nc1cc(C(F)(F)F)cc(C(F)(F)F)c1. The van der Waals surface area contributed by atoms with Gasteiger partial charge in [-0.05, 0) is 41.0 Å². The van der Waals surface area contributed by atoms with Crippen molar-refractivity contribution >= 4 is 11.9 Å². The number of aromatic hydroxyl groups is 1. The molecular formula is C27H17F6NO. The van der Waals surface area contributed by atoms with Crippen LogP contribution in [0.25, 0.3) is 22.3 Å². The molecule has 0 fully saturated rings. The zero-order chi connectivity index (χ0) is 25.2. The molecule has 0 amide bonds. The van der Waals surface area contributed by atoms with Gasteiger partial charge in [0.05, 0.1) is 16.8 Å². The molecule has 0 heterocycles. The molecule has 0 radical (unpaired) electrons. The Balaban J connectivity index is 1.89. The van der Waals surface area contributed by atoms with Crippen LogP contribution in [0.5, 0.6) is 5.75 Å². The normalized spacial score (nSPS) is 12.3. The molecule has 0 atom stereocenters. The van der Waals surface area contributed by atoms with Gasteiger partial charge in [0, 0.05) is 17.3 Å². The maximum absolute atomic E-state index is 13.2. The molecule has 0 aromatic heterocycles. The van der Waals surface area contributed by atoms with Gasteiger partial charge in [-0.1, -0.05) is 66.7 Å². The van der Waals surface area contributed by atoms with Crippen molar-refractivity contribution < 1.29 is 31.4 Å². The Kier molecular flexibility index (Phi) is 6.39. The van der Waals surface area contributed by atoms with Crippen molar-refractivity contribution in [1.29, 1.82) is 0 Å². The summed E-state index contributed by atoms with van der Waals surface area (Å²) >= 11 is 0. The molecule has 0 aliphatic rings. The lowest BCUT2D eigenvalue weighted by Crippen LogP contribution is -2.10. The van der Waals surface area contributed by atoms with E-state index in [4.69, 9.17) is 0 Å². The van der Waals surface area contributed by atoms with Crippen LogP contribution < -0.4 is 0 Å². The Bertz CT molecular complexity index is 1330. The fourth-order valence-electron chi connectivity index (χ4n) is 3.61. The number of benzene rings is 4. The van der Waals surface area contributed by atoms with Gasteiger partial charge in [-0.2, -0.15) is 26.3 Å². The van der Waals surface area contributed by atoms with E-state index in [2.05, 4.69) is 4.99 Å². The van der Waals surface area contributed by atoms with Crippen LogP contribution in [0.4, 0.5) is 32.0 Å². The largest absolute Gasteiger partial charge is 0.507 e. The molecule has 178 valence electrons. The molecular weight excluding hydrogens is 468 g/mol. The van der Waals surface area contributed by atoms with Crippen LogP contribution >= 0.6 is 0 Å². The summed E-state index contributed by atoms with van der Waals surface area (Å²) in [5.74, 6) is -0.204. The minimum atomic E-state index is -4.99. The number of hydrogen-bond acceptors (Lipinski definition) is 2. The van der Waals surface area contributed by atoms with Crippen LogP contribution in [0, 0.1) is 0 Å². The van der Waals surface area contributed by atoms with Gasteiger partial charge in [-0.3, -0.25) is 4.99 Å². The van der Waals surface area contributed by atoms with E-state index in [1.807, 2.05) is 0 Å². The van der Waals surface area contributed by atoms with Crippen molar-refractivity contribution in [1.82, 2.24) is 0 Å². The number of nitrogens with zero attached hydrogens (tertiary/aromatic N) is 1. The van der Waals surface area contributed by atoms with Gasteiger partial charge in [-0.15, -0.1) is 0 Å². The molecule has 0 saturated carbocycles. The standard InChI is InChI=1S/C27H17F6NO/c28-26(29,30)19-13-20(27(31,32)33)15-21(14-19)34-16-24-22(17-7-3-1-4-8-17)11-12-23(25(24)35)18-9-5-2-6-10-18/h1-16,35H. The summed E-state index contributed by atoms with van der Waals surface area (Å²) in [6, 6.07) is 22.2. The Morgan fingerprint density at radius 2 is 1.06 bits per heavy atom. The van der Waals surface area contributed by atoms with Gasteiger partial charge in [-0.25, -0.2) is 0 Å². The van der Waals surface area contributed by atoms with E-state index in [1.54, 1.807) is 72.8 Å². The highest BCUT2D eigenvalue weighted by Gasteiger charge is 2.36. The Labute approximate surface area is 196 Å². The van der Waals surface area contributed by atoms with Gasteiger partial charge in [0.25, 0.3) is 0 Å². The second-order valence-electron chi connectivity index (χ2n) is 7.68. The highest BCUT2D eigenvalue weighted by Crippen LogP contribution is 2.40. The van der Waals surface area contributed by atoms with Crippen molar-refractivity contribution in [3.8, 4) is 28.0 Å². The summed E-state index contributed by atoms with van der Waals surface area (Å²) in [5.41, 5.74) is -1.02. The third-order valence-corrected chi connectivity index (χ3v) is 5.30. The fraction of sp³-hybridized carbons (Fsp3) is 0.0741. The first kappa shape index (κ1) is 24.1. The molecule has 4 aromatic carbocycles. The summed E-state index contributed by atoms with van der Waals surface area (Å²) in [7, 11) is 0. The average molecular weight is 485 g/mol. The van der Waals surface area contributed by atoms with Gasteiger partial charge < -0.3 is 5.11 Å². The molecule has 4 aromatic rings. The molecule has 0 aliphatic heterocycles. The van der Waals surface area contributed by atoms with Crippen molar-refractivity contribution in [2.75, 3.05) is 0 Å². The zero-order valence-corrected chi connectivity index (χ0v) is 17.9. The van der Waals surface area contributed by atoms with Crippen molar-refractivity contribution in [2.45, 2.75) is 12.4 Å². The molecule has 0 aliphatic carbocycles. The first-order valence-electron chi connectivity index (χ1n) is 10.3. The van der Waals surface area contributed by atoms with Crippen molar-refractivity contribution in [2.24, 2.45) is 4.99 Å². The fourth-order valence-corrected chi connectivity index (χ4v) is 3.61. The highest BCUT2D eigenvalue weighted by molar-refractivity contribution is 5.98. The third-order valence-electron chi connectivity index (χ3n) is 5.30. The topological polar surface area (TPSA) is 32.6 Å². The third kappa shape index (κ3) is 5.37. The second kappa shape index (κ2) is 9.29. The lowest BCUT2D eigenvalue weighted by atomic mass is 9.94. The molecule has 0 saturated heterocycles. The van der Waals surface area contributed by atoms with E-state index in [0.717, 1.165) is 6.21 Å². The summed E-state index contributed by atoms with van der Waals surface area (Å²) < 4.78 is 79.4. The molecule has 2 nitrogen and oxygen atoms in total. The number of alkyl halides is 6. The molecule has 0 bridgehead atoms. The number of halogens is 6. The summed E-state index contributed by atoms with van der Waals surface area (Å²) in [5, 5.41) is 11.1. The molecule has 1 N–H and O–H groups in total. The average Bonchev–Trinajstić information content (AvgIpc) is 2.83. The Morgan fingerprint density at radius 3 is 1.54 bits per heavy atom. The van der Waals surface area contributed by atoms with Crippen LogP contribution in [0.3, 0.4) is 0 Å². The Hall–Kier alpha value is -4.07. The minimum Gasteiger partial charge on any atom is -0.507 e.